The number of benzene rings is 1. The highest BCUT2D eigenvalue weighted by molar-refractivity contribution is 5.80. The molecule has 4 rings (SSSR count). The van der Waals surface area contributed by atoms with Crippen LogP contribution in [0, 0.1) is 6.92 Å². The first-order chi connectivity index (χ1) is 11.7. The first-order valence-electron chi connectivity index (χ1n) is 7.81. The fourth-order valence-corrected chi connectivity index (χ4v) is 3.10. The van der Waals surface area contributed by atoms with Crippen LogP contribution < -0.4 is 0 Å². The zero-order valence-corrected chi connectivity index (χ0v) is 13.5. The summed E-state index contributed by atoms with van der Waals surface area (Å²) in [6, 6.07) is 9.69. The first-order valence-corrected chi connectivity index (χ1v) is 7.81. The van der Waals surface area contributed by atoms with Crippen molar-refractivity contribution in [2.75, 3.05) is 7.05 Å². The lowest BCUT2D eigenvalue weighted by Gasteiger charge is -2.11. The Morgan fingerprint density at radius 1 is 1.29 bits per heavy atom. The van der Waals surface area contributed by atoms with E-state index in [1.807, 2.05) is 37.3 Å². The van der Waals surface area contributed by atoms with Gasteiger partial charge in [-0.2, -0.15) is 10.1 Å². The van der Waals surface area contributed by atoms with Gasteiger partial charge in [-0.05, 0) is 12.5 Å². The third-order valence-electron chi connectivity index (χ3n) is 4.34. The predicted molar refractivity (Wildman–Crippen MR) is 88.4 cm³/mol. The van der Waals surface area contributed by atoms with E-state index in [-0.39, 0.29) is 6.04 Å². The molecule has 0 radical (unpaired) electrons. The molecule has 0 saturated heterocycles. The number of alkyl halides is 1. The minimum Gasteiger partial charge on any atom is -0.296 e. The van der Waals surface area contributed by atoms with E-state index in [0.29, 0.717) is 18.2 Å². The smallest absolute Gasteiger partial charge is 0.270 e. The van der Waals surface area contributed by atoms with Gasteiger partial charge in [0.15, 0.2) is 12.0 Å². The normalized spacial score (nSPS) is 20.0. The highest BCUT2D eigenvalue weighted by Crippen LogP contribution is 2.39. The maximum absolute atomic E-state index is 14.4. The fourth-order valence-electron chi connectivity index (χ4n) is 3.10. The standard InChI is InChI=1S/C17H17FN6/c1-11-13(9-19-2)10-20-23(11)17-21-16-14(18)8-15(24(16)22-17)12-6-4-3-5-7-12/h3-7,9-10,14-15H,8H2,1-2H3/b19-9-/t14-,15-/m0/s1. The number of aromatic nitrogens is 5. The molecule has 0 N–H and O–H groups in total. The Balaban J connectivity index is 1.76. The molecule has 0 aliphatic carbocycles. The molecule has 24 heavy (non-hydrogen) atoms. The van der Waals surface area contributed by atoms with Crippen molar-refractivity contribution in [1.82, 2.24) is 24.5 Å². The van der Waals surface area contributed by atoms with Crippen molar-refractivity contribution in [3.05, 3.63) is 59.2 Å². The average Bonchev–Trinajstić information content (AvgIpc) is 3.25. The van der Waals surface area contributed by atoms with Crippen LogP contribution in [0.3, 0.4) is 0 Å². The van der Waals surface area contributed by atoms with Gasteiger partial charge in [-0.25, -0.2) is 13.8 Å². The van der Waals surface area contributed by atoms with Crippen LogP contribution >= 0.6 is 0 Å². The predicted octanol–water partition coefficient (Wildman–Crippen LogP) is 2.82. The molecule has 0 unspecified atom stereocenters. The maximum Gasteiger partial charge on any atom is 0.270 e. The van der Waals surface area contributed by atoms with Crippen molar-refractivity contribution in [2.24, 2.45) is 4.99 Å². The van der Waals surface area contributed by atoms with Gasteiger partial charge in [0.1, 0.15) is 0 Å². The quantitative estimate of drug-likeness (QED) is 0.696. The number of fused-ring (bicyclic) bond motifs is 1. The van der Waals surface area contributed by atoms with Crippen molar-refractivity contribution < 1.29 is 4.39 Å². The summed E-state index contributed by atoms with van der Waals surface area (Å²) in [6.07, 6.45) is 2.68. The molecule has 2 aromatic heterocycles. The Morgan fingerprint density at radius 3 is 2.83 bits per heavy atom. The summed E-state index contributed by atoms with van der Waals surface area (Å²) >= 11 is 0. The second-order valence-electron chi connectivity index (χ2n) is 5.83. The van der Waals surface area contributed by atoms with E-state index in [1.165, 1.54) is 0 Å². The van der Waals surface area contributed by atoms with Crippen molar-refractivity contribution >= 4 is 6.21 Å². The van der Waals surface area contributed by atoms with E-state index in [1.54, 1.807) is 28.8 Å². The van der Waals surface area contributed by atoms with Crippen LogP contribution in [0.1, 0.15) is 41.3 Å². The second kappa shape index (κ2) is 5.67. The average molecular weight is 324 g/mol. The molecular formula is C17H17FN6. The molecule has 1 aromatic carbocycles. The number of halogens is 1. The zero-order chi connectivity index (χ0) is 16.7. The van der Waals surface area contributed by atoms with Crippen LogP contribution in [0.4, 0.5) is 4.39 Å². The van der Waals surface area contributed by atoms with E-state index in [0.717, 1.165) is 16.8 Å². The molecule has 1 aliphatic rings. The van der Waals surface area contributed by atoms with Gasteiger partial charge in [-0.3, -0.25) is 4.99 Å². The van der Waals surface area contributed by atoms with Crippen LogP contribution in [-0.4, -0.2) is 37.8 Å². The highest BCUT2D eigenvalue weighted by Gasteiger charge is 2.35. The van der Waals surface area contributed by atoms with E-state index in [2.05, 4.69) is 20.2 Å². The molecule has 0 bridgehead atoms. The Kier molecular flexibility index (Phi) is 3.48. The van der Waals surface area contributed by atoms with Crippen molar-refractivity contribution in [3.8, 4) is 5.95 Å². The summed E-state index contributed by atoms with van der Waals surface area (Å²) in [5.41, 5.74) is 2.80. The first kappa shape index (κ1) is 14.7. The molecule has 7 heteroatoms. The van der Waals surface area contributed by atoms with Crippen LogP contribution in [0.25, 0.3) is 5.95 Å². The number of aliphatic imine (C=N–C) groups is 1. The molecule has 0 amide bonds. The maximum atomic E-state index is 14.4. The number of hydrogen-bond acceptors (Lipinski definition) is 4. The lowest BCUT2D eigenvalue weighted by molar-refractivity contribution is 0.328. The Hall–Kier alpha value is -2.83. The van der Waals surface area contributed by atoms with Crippen molar-refractivity contribution in [3.63, 3.8) is 0 Å². The van der Waals surface area contributed by atoms with Crippen LogP contribution in [0.5, 0.6) is 0 Å². The fraction of sp³-hybridized carbons (Fsp3) is 0.294. The van der Waals surface area contributed by atoms with Gasteiger partial charge in [-0.1, -0.05) is 30.3 Å². The summed E-state index contributed by atoms with van der Waals surface area (Å²) in [7, 11) is 1.71. The molecule has 0 spiro atoms. The lowest BCUT2D eigenvalue weighted by Crippen LogP contribution is -2.09. The molecule has 2 atom stereocenters. The Bertz CT molecular complexity index is 895. The van der Waals surface area contributed by atoms with Crippen LogP contribution in [0.2, 0.25) is 0 Å². The Morgan fingerprint density at radius 2 is 2.08 bits per heavy atom. The second-order valence-corrected chi connectivity index (χ2v) is 5.83. The monoisotopic (exact) mass is 324 g/mol. The molecule has 0 fully saturated rings. The van der Waals surface area contributed by atoms with Gasteiger partial charge in [0.05, 0.1) is 17.9 Å². The van der Waals surface area contributed by atoms with Gasteiger partial charge >= 0.3 is 0 Å². The summed E-state index contributed by atoms with van der Waals surface area (Å²) in [6.45, 7) is 1.91. The summed E-state index contributed by atoms with van der Waals surface area (Å²) in [5.74, 6) is 0.751. The molecule has 0 saturated carbocycles. The molecular weight excluding hydrogens is 307 g/mol. The van der Waals surface area contributed by atoms with Gasteiger partial charge in [0.25, 0.3) is 5.95 Å². The minimum atomic E-state index is -1.12. The van der Waals surface area contributed by atoms with Crippen LogP contribution in [-0.2, 0) is 0 Å². The number of rotatable bonds is 3. The topological polar surface area (TPSA) is 60.9 Å². The van der Waals surface area contributed by atoms with Gasteiger partial charge in [-0.15, -0.1) is 5.10 Å². The van der Waals surface area contributed by atoms with E-state index in [9.17, 15) is 4.39 Å². The lowest BCUT2D eigenvalue weighted by atomic mass is 10.0. The largest absolute Gasteiger partial charge is 0.296 e. The number of nitrogens with zero attached hydrogens (tertiary/aromatic N) is 6. The third-order valence-corrected chi connectivity index (χ3v) is 4.34. The van der Waals surface area contributed by atoms with Crippen molar-refractivity contribution in [1.29, 1.82) is 0 Å². The van der Waals surface area contributed by atoms with Gasteiger partial charge in [0, 0.05) is 25.2 Å². The Labute approximate surface area is 138 Å². The minimum absolute atomic E-state index is 0.134. The molecule has 1 aliphatic heterocycles. The summed E-state index contributed by atoms with van der Waals surface area (Å²) < 4.78 is 17.7. The highest BCUT2D eigenvalue weighted by atomic mass is 19.1. The van der Waals surface area contributed by atoms with Crippen LogP contribution in [0.15, 0.2) is 41.5 Å². The van der Waals surface area contributed by atoms with Gasteiger partial charge < -0.3 is 0 Å². The molecule has 3 aromatic rings. The summed E-state index contributed by atoms with van der Waals surface area (Å²) in [5, 5.41) is 8.83. The van der Waals surface area contributed by atoms with E-state index >= 15 is 0 Å². The van der Waals surface area contributed by atoms with E-state index in [4.69, 9.17) is 0 Å². The summed E-state index contributed by atoms with van der Waals surface area (Å²) in [4.78, 5) is 8.39. The van der Waals surface area contributed by atoms with E-state index < -0.39 is 6.17 Å². The third kappa shape index (κ3) is 2.24. The van der Waals surface area contributed by atoms with Gasteiger partial charge in [0.2, 0.25) is 0 Å². The molecule has 6 nitrogen and oxygen atoms in total. The number of hydrogen-bond donors (Lipinski definition) is 0. The zero-order valence-electron chi connectivity index (χ0n) is 13.5. The molecule has 3 heterocycles. The molecule has 122 valence electrons. The van der Waals surface area contributed by atoms with Crippen molar-refractivity contribution in [2.45, 2.75) is 25.6 Å². The SMILES string of the molecule is C/N=C\c1cnn(-c2nc3n(n2)[C@H](c2ccccc2)C[C@@H]3F)c1C.